The van der Waals surface area contributed by atoms with Crippen LogP contribution < -0.4 is 0 Å². The predicted octanol–water partition coefficient (Wildman–Crippen LogP) is -4.35. The lowest BCUT2D eigenvalue weighted by atomic mass is 9.33. The number of ether oxygens (including phenoxy) is 10. The fraction of sp³-hybridized carbons (Fsp3) is 0.947. The quantitative estimate of drug-likeness (QED) is 0.0471. The van der Waals surface area contributed by atoms with Gasteiger partial charge in [-0.3, -0.25) is 4.79 Å². The molecule has 32 atom stereocenters. The molecule has 5 saturated heterocycles. The number of carbonyl (C=O) groups excluding carboxylic acids is 1. The highest BCUT2D eigenvalue weighted by Gasteiger charge is 2.73. The number of hydrogen-bond donors (Lipinski definition) is 16. The fourth-order valence-corrected chi connectivity index (χ4v) is 17.4. The molecule has 5 aliphatic carbocycles. The van der Waals surface area contributed by atoms with Crippen LogP contribution in [-0.4, -0.2) is 274 Å². The molecule has 84 heavy (non-hydrogen) atoms. The first-order valence-electron chi connectivity index (χ1n) is 29.7. The zero-order valence-corrected chi connectivity index (χ0v) is 48.6. The lowest BCUT2D eigenvalue weighted by molar-refractivity contribution is -0.372. The molecule has 0 aromatic heterocycles. The van der Waals surface area contributed by atoms with Crippen molar-refractivity contribution in [2.45, 2.75) is 247 Å². The van der Waals surface area contributed by atoms with Crippen LogP contribution in [0, 0.1) is 50.2 Å². The van der Waals surface area contributed by atoms with Gasteiger partial charge in [0.05, 0.1) is 64.1 Å². The van der Waals surface area contributed by atoms with E-state index in [1.54, 1.807) is 0 Å². The number of aliphatic hydroxyl groups excluding tert-OH is 15. The summed E-state index contributed by atoms with van der Waals surface area (Å²) in [5.74, 6) is -1.84. The SMILES string of the molecule is C[C@H]1O[C@H](O[C@@H]2[C@@H](OC(=O)[C@@]34CCC(C)(C)C[C@@H]3C3=CC[C@H]5[C@]6(C)C[C@@H](O)[C@@H](O[C@H]7O[C@@H](CO)[C@H](O)[C@@H](O)[C@@H]7O)[C@](C)(CO)[C@H]6CC[C@]5(C)[C@@]3(C)C[C@@H]4O)OC[C@H](O)[C@H]2O)[C@@H](O)[C@@H](O)[C@@H]1O[C@H]1OC[C@H](O)[C@@H](O[C@H]2OC[C@@](O)(CO)[C@@H]2O)[C@@H]1O. The Morgan fingerprint density at radius 3 is 1.92 bits per heavy atom. The zero-order valence-electron chi connectivity index (χ0n) is 48.6. The van der Waals surface area contributed by atoms with Crippen LogP contribution in [0.25, 0.3) is 0 Å². The number of hydrogen-bond acceptors (Lipinski definition) is 27. The molecule has 27 nitrogen and oxygen atoms in total. The number of allylic oxidation sites excluding steroid dienone is 2. The van der Waals surface area contributed by atoms with Gasteiger partial charge in [-0.25, -0.2) is 0 Å². The first kappa shape index (κ1) is 65.2. The van der Waals surface area contributed by atoms with Gasteiger partial charge in [0.15, 0.2) is 31.3 Å². The van der Waals surface area contributed by atoms with E-state index in [9.17, 15) is 81.7 Å². The zero-order chi connectivity index (χ0) is 61.3. The second-order valence-electron chi connectivity index (χ2n) is 28.0. The largest absolute Gasteiger partial charge is 0.432 e. The van der Waals surface area contributed by atoms with Gasteiger partial charge in [-0.15, -0.1) is 0 Å². The highest BCUT2D eigenvalue weighted by Crippen LogP contribution is 2.76. The van der Waals surface area contributed by atoms with Crippen LogP contribution in [0.15, 0.2) is 11.6 Å². The summed E-state index contributed by atoms with van der Waals surface area (Å²) >= 11 is 0. The molecule has 27 heteroatoms. The van der Waals surface area contributed by atoms with E-state index in [2.05, 4.69) is 40.7 Å². The molecular weight excluding hydrogens is 1120 g/mol. The smallest absolute Gasteiger partial charge is 0.317 e. The Kier molecular flexibility index (Phi) is 18.2. The number of esters is 1. The van der Waals surface area contributed by atoms with E-state index in [0.717, 1.165) is 5.57 Å². The second-order valence-corrected chi connectivity index (χ2v) is 28.0. The van der Waals surface area contributed by atoms with Crippen LogP contribution in [0.3, 0.4) is 0 Å². The van der Waals surface area contributed by atoms with Crippen molar-refractivity contribution in [3.05, 3.63) is 11.6 Å². The third-order valence-corrected chi connectivity index (χ3v) is 22.6. The maximum absolute atomic E-state index is 15.4. The Morgan fingerprint density at radius 1 is 0.607 bits per heavy atom. The summed E-state index contributed by atoms with van der Waals surface area (Å²) in [6.07, 6.45) is -31.2. The van der Waals surface area contributed by atoms with Crippen LogP contribution >= 0.6 is 0 Å². The third-order valence-electron chi connectivity index (χ3n) is 22.6. The van der Waals surface area contributed by atoms with E-state index in [4.69, 9.17) is 47.4 Å². The van der Waals surface area contributed by atoms with Gasteiger partial charge in [-0.2, -0.15) is 0 Å². The van der Waals surface area contributed by atoms with Crippen molar-refractivity contribution in [1.82, 2.24) is 0 Å². The van der Waals surface area contributed by atoms with E-state index >= 15 is 4.79 Å². The summed E-state index contributed by atoms with van der Waals surface area (Å²) in [4.78, 5) is 15.4. The monoisotopic (exact) mass is 1210 g/mol. The number of rotatable bonds is 13. The molecule has 5 heterocycles. The Labute approximate surface area is 486 Å². The van der Waals surface area contributed by atoms with Gasteiger partial charge in [0.25, 0.3) is 0 Å². The van der Waals surface area contributed by atoms with Crippen molar-refractivity contribution in [2.24, 2.45) is 50.2 Å². The molecule has 482 valence electrons. The van der Waals surface area contributed by atoms with Gasteiger partial charge in [0.1, 0.15) is 90.4 Å². The Balaban J connectivity index is 0.858. The molecule has 10 rings (SSSR count). The molecule has 0 aromatic carbocycles. The average Bonchev–Trinajstić information content (AvgIpc) is 1.12. The van der Waals surface area contributed by atoms with Crippen LogP contribution in [0.1, 0.15) is 99.8 Å². The van der Waals surface area contributed by atoms with Crippen molar-refractivity contribution < 1.29 is 134 Å². The minimum atomic E-state index is -2.07. The molecule has 10 aliphatic rings. The summed E-state index contributed by atoms with van der Waals surface area (Å²) in [6, 6.07) is 0. The normalized spacial score (nSPS) is 55.6. The highest BCUT2D eigenvalue weighted by molar-refractivity contribution is 5.80. The van der Waals surface area contributed by atoms with E-state index in [1.165, 1.54) is 6.92 Å². The van der Waals surface area contributed by atoms with Gasteiger partial charge in [-0.1, -0.05) is 53.2 Å². The van der Waals surface area contributed by atoms with Crippen LogP contribution in [0.4, 0.5) is 0 Å². The minimum absolute atomic E-state index is 0.124. The van der Waals surface area contributed by atoms with Crippen molar-refractivity contribution in [2.75, 3.05) is 39.6 Å². The first-order valence-corrected chi connectivity index (χ1v) is 29.7. The van der Waals surface area contributed by atoms with E-state index < -0.39 is 226 Å². The lowest BCUT2D eigenvalue weighted by Gasteiger charge is -2.72. The molecule has 0 amide bonds. The minimum Gasteiger partial charge on any atom is -0.432 e. The van der Waals surface area contributed by atoms with E-state index in [-0.39, 0.29) is 36.5 Å². The van der Waals surface area contributed by atoms with Gasteiger partial charge < -0.3 is 129 Å². The summed E-state index contributed by atoms with van der Waals surface area (Å²) < 4.78 is 58.6. The molecule has 0 aromatic rings. The predicted molar refractivity (Wildman–Crippen MR) is 280 cm³/mol. The maximum Gasteiger partial charge on any atom is 0.317 e. The molecule has 0 spiro atoms. The lowest BCUT2D eigenvalue weighted by Crippen LogP contribution is -2.70. The van der Waals surface area contributed by atoms with Crippen LogP contribution in [0.2, 0.25) is 0 Å². The van der Waals surface area contributed by atoms with Crippen molar-refractivity contribution >= 4 is 5.97 Å². The molecule has 4 saturated carbocycles. The van der Waals surface area contributed by atoms with Crippen LogP contribution in [0.5, 0.6) is 0 Å². The van der Waals surface area contributed by atoms with Gasteiger partial charge in [0, 0.05) is 5.41 Å². The highest BCUT2D eigenvalue weighted by atomic mass is 16.8. The Bertz CT molecular complexity index is 2370. The summed E-state index contributed by atoms with van der Waals surface area (Å²) in [6.45, 7) is 10.4. The molecular formula is C57H92O27. The topological polar surface area (TPSA) is 433 Å². The van der Waals surface area contributed by atoms with Gasteiger partial charge >= 0.3 is 5.97 Å². The maximum atomic E-state index is 15.4. The number of carbonyl (C=O) groups is 1. The molecule has 5 aliphatic heterocycles. The van der Waals surface area contributed by atoms with Crippen molar-refractivity contribution in [1.29, 1.82) is 0 Å². The third kappa shape index (κ3) is 10.4. The summed E-state index contributed by atoms with van der Waals surface area (Å²) in [7, 11) is 0. The Morgan fingerprint density at radius 2 is 1.25 bits per heavy atom. The van der Waals surface area contributed by atoms with Gasteiger partial charge in [0.2, 0.25) is 6.29 Å². The average molecular weight is 1210 g/mol. The summed E-state index contributed by atoms with van der Waals surface area (Å²) in [5.41, 5.74) is -6.04. The second kappa shape index (κ2) is 23.5. The molecule has 0 radical (unpaired) electrons. The van der Waals surface area contributed by atoms with E-state index in [0.29, 0.717) is 32.1 Å². The molecule has 0 bridgehead atoms. The standard InChI is InChI=1S/C57H92O27/c1-23-40(80-45-39(71)41(28(63)19-75-45)81-49-43(72)56(74,21-60)22-77-49)36(68)38(70)46(78-23)82-42-33(65)27(62)18-76-48(42)84-50(73)57-13-12-51(2,3)14-25(57)24-8-9-31-52(4)15-26(61)44(83-47-37(69)35(67)34(66)29(17-58)79-47)53(5,20-59)30(52)10-11-54(31,6)55(24,7)16-32(57)64/h8,23,25-49,58-72,74H,9-22H2,1-7H3/t23-,25-,26-,27+,28+,29+,30+,31+,32+,33-,34+,35-,36-,37+,38+,39+,40-,41-,42+,43-,44-,45-,46-,47-,48-,49-,52-,53-,54+,55+,56+,57+/m1/s1. The molecule has 0 unspecified atom stereocenters. The van der Waals surface area contributed by atoms with Crippen molar-refractivity contribution in [3.8, 4) is 0 Å². The van der Waals surface area contributed by atoms with E-state index in [1.807, 2.05) is 6.92 Å². The molecule has 16 N–H and O–H groups in total. The van der Waals surface area contributed by atoms with Gasteiger partial charge in [-0.05, 0) is 97.7 Å². The fourth-order valence-electron chi connectivity index (χ4n) is 17.4. The van der Waals surface area contributed by atoms with Crippen molar-refractivity contribution in [3.63, 3.8) is 0 Å². The number of aliphatic hydroxyl groups is 16. The first-order chi connectivity index (χ1) is 39.3. The summed E-state index contributed by atoms with van der Waals surface area (Å²) in [5, 5.41) is 176. The Hall–Kier alpha value is -1.79. The molecule has 9 fully saturated rings. The van der Waals surface area contributed by atoms with Crippen LogP contribution in [-0.2, 0) is 52.2 Å². The number of fused-ring (bicyclic) bond motifs is 7.